The number of anilines is 2. The van der Waals surface area contributed by atoms with Crippen LogP contribution in [0.4, 0.5) is 11.5 Å². The molecule has 1 aliphatic rings. The topological polar surface area (TPSA) is 135 Å². The zero-order valence-corrected chi connectivity index (χ0v) is 24.2. The second-order valence-corrected chi connectivity index (χ2v) is 12.7. The fraction of sp³-hybridized carbons (Fsp3) is 0.429. The smallest absolute Gasteiger partial charge is 0.158 e. The minimum absolute atomic E-state index is 0.00199. The van der Waals surface area contributed by atoms with Gasteiger partial charge < -0.3 is 20.1 Å². The molecule has 212 valence electrons. The number of nitrogens with zero attached hydrogens (tertiary/aromatic N) is 6. The molecule has 2 N–H and O–H groups in total. The first-order valence-corrected chi connectivity index (χ1v) is 15.3. The number of hydrogen-bond acceptors (Lipinski definition) is 10. The van der Waals surface area contributed by atoms with Gasteiger partial charge in [0.05, 0.1) is 35.8 Å². The molecule has 1 aliphatic heterocycles. The van der Waals surface area contributed by atoms with Crippen LogP contribution in [-0.2, 0) is 9.84 Å². The highest BCUT2D eigenvalue weighted by Gasteiger charge is 2.38. The van der Waals surface area contributed by atoms with E-state index in [9.17, 15) is 13.5 Å². The summed E-state index contributed by atoms with van der Waals surface area (Å²) in [5.74, 6) is 2.16. The maximum Gasteiger partial charge on any atom is 0.158 e. The predicted octanol–water partition coefficient (Wildman–Crippen LogP) is 3.25. The number of pyridine rings is 3. The van der Waals surface area contributed by atoms with Crippen molar-refractivity contribution in [2.45, 2.75) is 39.3 Å². The number of sulfone groups is 1. The summed E-state index contributed by atoms with van der Waals surface area (Å²) in [4.78, 5) is 16.1. The van der Waals surface area contributed by atoms with Gasteiger partial charge in [-0.2, -0.15) is 5.10 Å². The average Bonchev–Trinajstić information content (AvgIpc) is 3.34. The van der Waals surface area contributed by atoms with Crippen LogP contribution in [0.15, 0.2) is 42.9 Å². The van der Waals surface area contributed by atoms with Gasteiger partial charge in [-0.05, 0) is 39.3 Å². The molecule has 0 aliphatic carbocycles. The van der Waals surface area contributed by atoms with E-state index in [4.69, 9.17) is 14.7 Å². The zero-order valence-electron chi connectivity index (χ0n) is 23.4. The molecule has 0 bridgehead atoms. The van der Waals surface area contributed by atoms with Crippen LogP contribution in [0.2, 0.25) is 0 Å². The summed E-state index contributed by atoms with van der Waals surface area (Å²) >= 11 is 0. The highest BCUT2D eigenvalue weighted by atomic mass is 32.2. The fourth-order valence-electron chi connectivity index (χ4n) is 5.23. The number of nitrogens with one attached hydrogen (secondary N) is 1. The molecule has 4 aromatic rings. The molecule has 1 saturated heterocycles. The molecule has 12 heteroatoms. The first-order valence-electron chi connectivity index (χ1n) is 13.3. The van der Waals surface area contributed by atoms with E-state index >= 15 is 0 Å². The van der Waals surface area contributed by atoms with Crippen LogP contribution in [0.25, 0.3) is 28.0 Å². The van der Waals surface area contributed by atoms with Crippen molar-refractivity contribution < 1.29 is 18.3 Å². The lowest BCUT2D eigenvalue weighted by Crippen LogP contribution is -2.57. The van der Waals surface area contributed by atoms with Crippen LogP contribution in [0, 0.1) is 12.8 Å². The predicted molar refractivity (Wildman–Crippen MR) is 156 cm³/mol. The Labute approximate surface area is 234 Å². The largest absolute Gasteiger partial charge is 0.496 e. The maximum atomic E-state index is 11.9. The zero-order chi connectivity index (χ0) is 28.6. The van der Waals surface area contributed by atoms with Crippen molar-refractivity contribution in [3.05, 3.63) is 48.5 Å². The van der Waals surface area contributed by atoms with Crippen molar-refractivity contribution in [2.75, 3.05) is 42.5 Å². The van der Waals surface area contributed by atoms with Gasteiger partial charge in [-0.3, -0.25) is 9.97 Å². The van der Waals surface area contributed by atoms with Crippen molar-refractivity contribution >= 4 is 32.2 Å². The van der Waals surface area contributed by atoms with Gasteiger partial charge in [0.2, 0.25) is 0 Å². The van der Waals surface area contributed by atoms with Crippen LogP contribution >= 0.6 is 0 Å². The molecule has 0 radical (unpaired) electrons. The third-order valence-electron chi connectivity index (χ3n) is 7.46. The van der Waals surface area contributed by atoms with Crippen molar-refractivity contribution in [2.24, 2.45) is 5.92 Å². The third kappa shape index (κ3) is 5.59. The quantitative estimate of drug-likeness (QED) is 0.295. The fourth-order valence-corrected chi connectivity index (χ4v) is 6.39. The number of aliphatic hydroxyl groups is 1. The van der Waals surface area contributed by atoms with Crippen molar-refractivity contribution in [3.63, 3.8) is 0 Å². The number of fused-ring (bicyclic) bond motifs is 1. The minimum Gasteiger partial charge on any atom is -0.496 e. The van der Waals surface area contributed by atoms with E-state index in [0.29, 0.717) is 36.0 Å². The van der Waals surface area contributed by atoms with Crippen LogP contribution < -0.4 is 15.0 Å². The monoisotopic (exact) mass is 565 g/mol. The van der Waals surface area contributed by atoms with Gasteiger partial charge in [-0.1, -0.05) is 0 Å². The van der Waals surface area contributed by atoms with Gasteiger partial charge in [0.15, 0.2) is 5.82 Å². The third-order valence-corrected chi connectivity index (χ3v) is 8.49. The van der Waals surface area contributed by atoms with Gasteiger partial charge in [0.1, 0.15) is 21.4 Å². The molecule has 0 saturated carbocycles. The van der Waals surface area contributed by atoms with E-state index in [1.54, 1.807) is 36.4 Å². The highest BCUT2D eigenvalue weighted by Crippen LogP contribution is 2.35. The highest BCUT2D eigenvalue weighted by molar-refractivity contribution is 7.90. The van der Waals surface area contributed by atoms with E-state index in [2.05, 4.69) is 20.3 Å². The van der Waals surface area contributed by atoms with Crippen molar-refractivity contribution in [1.82, 2.24) is 24.7 Å². The van der Waals surface area contributed by atoms with Crippen LogP contribution in [0.3, 0.4) is 0 Å². The summed E-state index contributed by atoms with van der Waals surface area (Å²) in [6.07, 6.45) is 7.05. The van der Waals surface area contributed by atoms with Crippen LogP contribution in [-0.4, -0.2) is 82.6 Å². The molecule has 4 aromatic heterocycles. The van der Waals surface area contributed by atoms with Gasteiger partial charge in [0, 0.05) is 78.7 Å². The Morgan fingerprint density at radius 2 is 2.02 bits per heavy atom. The molecule has 11 nitrogen and oxygen atoms in total. The van der Waals surface area contributed by atoms with Crippen molar-refractivity contribution in [3.8, 4) is 22.8 Å². The SMILES string of the molecule is COc1ccncc1-c1cc2c(cnn2-c2cc(N3C[C@H](CS(C)(=O)=O)[C@H]3C)cc(NC(C)CCO)n2)c(C)n1. The first-order chi connectivity index (χ1) is 19.1. The summed E-state index contributed by atoms with van der Waals surface area (Å²) in [5, 5.41) is 18.4. The number of aromatic nitrogens is 5. The lowest BCUT2D eigenvalue weighted by Gasteiger charge is -2.48. The molecule has 0 spiro atoms. The minimum atomic E-state index is -3.07. The van der Waals surface area contributed by atoms with Gasteiger partial charge in [-0.15, -0.1) is 0 Å². The molecule has 1 unspecified atom stereocenters. The Kier molecular flexibility index (Phi) is 7.65. The summed E-state index contributed by atoms with van der Waals surface area (Å²) in [5.41, 5.74) is 4.05. The van der Waals surface area contributed by atoms with E-state index < -0.39 is 9.84 Å². The Bertz CT molecular complexity index is 1640. The second-order valence-electron chi connectivity index (χ2n) is 10.5. The second kappa shape index (κ2) is 11.0. The lowest BCUT2D eigenvalue weighted by atomic mass is 9.91. The normalized spacial score (nSPS) is 18.0. The van der Waals surface area contributed by atoms with E-state index in [1.807, 2.05) is 39.0 Å². The molecule has 5 heterocycles. The molecule has 1 fully saturated rings. The number of rotatable bonds is 10. The van der Waals surface area contributed by atoms with E-state index in [-0.39, 0.29) is 30.4 Å². The number of ether oxygens (including phenoxy) is 1. The number of methoxy groups -OCH3 is 1. The Hall–Kier alpha value is -3.77. The number of hydrogen-bond donors (Lipinski definition) is 2. The van der Waals surface area contributed by atoms with Gasteiger partial charge >= 0.3 is 0 Å². The van der Waals surface area contributed by atoms with Crippen molar-refractivity contribution in [1.29, 1.82) is 0 Å². The maximum absolute atomic E-state index is 11.9. The lowest BCUT2D eigenvalue weighted by molar-refractivity contribution is 0.282. The van der Waals surface area contributed by atoms with E-state index in [1.165, 1.54) is 6.26 Å². The van der Waals surface area contributed by atoms with E-state index in [0.717, 1.165) is 27.8 Å². The Morgan fingerprint density at radius 3 is 2.73 bits per heavy atom. The van der Waals surface area contributed by atoms with Gasteiger partial charge in [-0.25, -0.2) is 18.1 Å². The molecule has 0 amide bonds. The molecule has 40 heavy (non-hydrogen) atoms. The summed E-state index contributed by atoms with van der Waals surface area (Å²) in [6, 6.07) is 7.75. The molecule has 0 aromatic carbocycles. The summed E-state index contributed by atoms with van der Waals surface area (Å²) in [7, 11) is -1.45. The Morgan fingerprint density at radius 1 is 1.23 bits per heavy atom. The molecule has 5 rings (SSSR count). The average molecular weight is 566 g/mol. The Balaban J connectivity index is 1.59. The first kappa shape index (κ1) is 27.8. The summed E-state index contributed by atoms with van der Waals surface area (Å²) < 4.78 is 31.1. The molecular weight excluding hydrogens is 530 g/mol. The number of aliphatic hydroxyl groups excluding tert-OH is 1. The molecular formula is C28H35N7O4S. The van der Waals surface area contributed by atoms with Crippen LogP contribution in [0.5, 0.6) is 5.75 Å². The standard InChI is InChI=1S/C28H35N7O4S/c1-17(7-9-36)31-27-10-21(34-15-20(19(34)3)16-40(5,37)38)11-28(33-27)35-25-12-24(32-18(2)22(25)14-30-35)23-13-29-8-6-26(23)39-4/h6,8,10-14,17,19-20,36H,7,9,15-16H2,1-5H3,(H,31,33)/t17?,19-,20-/m1/s1. The molecule has 3 atom stereocenters. The van der Waals surface area contributed by atoms with Crippen LogP contribution in [0.1, 0.15) is 26.0 Å². The summed E-state index contributed by atoms with van der Waals surface area (Å²) in [6.45, 7) is 6.68. The number of aryl methyl sites for hydroxylation is 1. The van der Waals surface area contributed by atoms with Gasteiger partial charge in [0.25, 0.3) is 0 Å².